The van der Waals surface area contributed by atoms with Gasteiger partial charge in [0.25, 0.3) is 0 Å². The van der Waals surface area contributed by atoms with Gasteiger partial charge in [0.2, 0.25) is 5.95 Å². The molecule has 7 nitrogen and oxygen atoms in total. The summed E-state index contributed by atoms with van der Waals surface area (Å²) in [5.74, 6) is 1.19. The Kier molecular flexibility index (Phi) is 3.34. The number of anilines is 1. The van der Waals surface area contributed by atoms with Crippen molar-refractivity contribution in [3.8, 4) is 11.5 Å². The number of ether oxygens (including phenoxy) is 1. The molecule has 1 aromatic heterocycles. The summed E-state index contributed by atoms with van der Waals surface area (Å²) < 4.78 is 7.91. The van der Waals surface area contributed by atoms with Gasteiger partial charge in [0.05, 0.1) is 18.1 Å². The first kappa shape index (κ1) is 14.8. The molecule has 8 heteroatoms. The van der Waals surface area contributed by atoms with Crippen molar-refractivity contribution in [2.45, 2.75) is 6.17 Å². The molecule has 2 heterocycles. The van der Waals surface area contributed by atoms with Crippen molar-refractivity contribution in [3.05, 3.63) is 46.4 Å². The second-order valence-electron chi connectivity index (χ2n) is 5.35. The van der Waals surface area contributed by atoms with Crippen LogP contribution in [0, 0.1) is 0 Å². The topological polar surface area (TPSA) is 97.7 Å². The van der Waals surface area contributed by atoms with Crippen LogP contribution in [0.4, 0.5) is 5.95 Å². The fraction of sp³-hybridized carbons (Fsp3) is 0.125. The van der Waals surface area contributed by atoms with Crippen LogP contribution in [0.25, 0.3) is 11.0 Å². The Morgan fingerprint density at radius 3 is 2.92 bits per heavy atom. The van der Waals surface area contributed by atoms with E-state index in [-0.39, 0.29) is 11.7 Å². The third-order valence-electron chi connectivity index (χ3n) is 3.91. The number of aliphatic imine (C=N–C) groups is 1. The maximum atomic E-state index is 10.6. The van der Waals surface area contributed by atoms with Crippen LogP contribution in [0.2, 0.25) is 0 Å². The Morgan fingerprint density at radius 1 is 1.33 bits per heavy atom. The number of phenolic OH excluding ortho intramolecular Hbond substituents is 1. The van der Waals surface area contributed by atoms with Crippen LogP contribution in [0.15, 0.2) is 45.9 Å². The van der Waals surface area contributed by atoms with Gasteiger partial charge in [-0.2, -0.15) is 0 Å². The zero-order valence-electron chi connectivity index (χ0n) is 12.7. The Balaban J connectivity index is 2.00. The zero-order chi connectivity index (χ0) is 16.8. The van der Waals surface area contributed by atoms with E-state index in [0.29, 0.717) is 17.3 Å². The van der Waals surface area contributed by atoms with E-state index in [4.69, 9.17) is 10.5 Å². The number of nitrogens with two attached hydrogens (primary N) is 1. The van der Waals surface area contributed by atoms with Gasteiger partial charge >= 0.3 is 0 Å². The fourth-order valence-corrected chi connectivity index (χ4v) is 3.33. The van der Waals surface area contributed by atoms with E-state index in [9.17, 15) is 5.11 Å². The van der Waals surface area contributed by atoms with Gasteiger partial charge in [0.1, 0.15) is 0 Å². The van der Waals surface area contributed by atoms with Gasteiger partial charge in [-0.3, -0.25) is 9.88 Å². The highest BCUT2D eigenvalue weighted by Gasteiger charge is 2.28. The molecule has 0 aliphatic carbocycles. The van der Waals surface area contributed by atoms with Crippen molar-refractivity contribution in [3.63, 3.8) is 0 Å². The first-order chi connectivity index (χ1) is 11.6. The predicted molar refractivity (Wildman–Crippen MR) is 95.5 cm³/mol. The first-order valence-corrected chi connectivity index (χ1v) is 8.01. The molecule has 2 aromatic carbocycles. The van der Waals surface area contributed by atoms with Crippen molar-refractivity contribution in [2.24, 2.45) is 10.7 Å². The van der Waals surface area contributed by atoms with Crippen LogP contribution in [0.1, 0.15) is 11.7 Å². The van der Waals surface area contributed by atoms with E-state index in [0.717, 1.165) is 15.5 Å². The van der Waals surface area contributed by atoms with Crippen LogP contribution in [-0.2, 0) is 0 Å². The molecule has 3 aromatic rings. The van der Waals surface area contributed by atoms with Crippen molar-refractivity contribution in [1.82, 2.24) is 9.55 Å². The number of aromatic nitrogens is 2. The van der Waals surface area contributed by atoms with Crippen molar-refractivity contribution < 1.29 is 9.84 Å². The minimum atomic E-state index is -0.556. The average Bonchev–Trinajstić information content (AvgIpc) is 2.93. The molecule has 122 valence electrons. The number of phenols is 1. The molecule has 0 bridgehead atoms. The number of fused-ring (bicyclic) bond motifs is 3. The van der Waals surface area contributed by atoms with Gasteiger partial charge in [-0.05, 0) is 24.3 Å². The highest BCUT2D eigenvalue weighted by atomic mass is 79.9. The van der Waals surface area contributed by atoms with Gasteiger partial charge in [-0.15, -0.1) is 0 Å². The lowest BCUT2D eigenvalue weighted by Gasteiger charge is -2.25. The molecule has 0 fully saturated rings. The van der Waals surface area contributed by atoms with Crippen LogP contribution < -0.4 is 15.8 Å². The number of methoxy groups -OCH3 is 1. The number of benzene rings is 2. The van der Waals surface area contributed by atoms with Crippen LogP contribution in [0.3, 0.4) is 0 Å². The highest BCUT2D eigenvalue weighted by Crippen LogP contribution is 2.41. The largest absolute Gasteiger partial charge is 0.504 e. The third-order valence-corrected chi connectivity index (χ3v) is 4.37. The van der Waals surface area contributed by atoms with Gasteiger partial charge in [-0.25, -0.2) is 9.98 Å². The number of hydrogen-bond donors (Lipinski definition) is 3. The Bertz CT molecular complexity index is 982. The summed E-state index contributed by atoms with van der Waals surface area (Å²) in [4.78, 5) is 9.00. The van der Waals surface area contributed by atoms with Crippen LogP contribution in [0.5, 0.6) is 11.5 Å². The van der Waals surface area contributed by atoms with E-state index in [1.807, 2.05) is 28.8 Å². The fourth-order valence-electron chi connectivity index (χ4n) is 2.87. The second kappa shape index (κ2) is 5.41. The number of guanidine groups is 1. The van der Waals surface area contributed by atoms with Crippen LogP contribution >= 0.6 is 15.9 Å². The number of halogens is 1. The molecule has 0 saturated heterocycles. The Labute approximate surface area is 145 Å². The predicted octanol–water partition coefficient (Wildman–Crippen LogP) is 2.80. The average molecular weight is 388 g/mol. The van der Waals surface area contributed by atoms with Crippen LogP contribution in [-0.4, -0.2) is 27.7 Å². The summed E-state index contributed by atoms with van der Waals surface area (Å²) in [6.45, 7) is 0. The van der Waals surface area contributed by atoms with Crippen molar-refractivity contribution in [2.75, 3.05) is 12.4 Å². The van der Waals surface area contributed by atoms with E-state index in [2.05, 4.69) is 31.2 Å². The number of para-hydroxylation sites is 2. The van der Waals surface area contributed by atoms with E-state index in [1.165, 1.54) is 7.11 Å². The quantitative estimate of drug-likeness (QED) is 0.627. The molecule has 1 aliphatic heterocycles. The molecule has 4 N–H and O–H groups in total. The summed E-state index contributed by atoms with van der Waals surface area (Å²) >= 11 is 3.44. The maximum Gasteiger partial charge on any atom is 0.212 e. The van der Waals surface area contributed by atoms with Crippen molar-refractivity contribution in [1.29, 1.82) is 0 Å². The standard InChI is InChI=1S/C16H14BrN5O2/c1-24-12-7-8(17)6-9(13(12)23)14-20-15(18)21-16-19-10-4-2-3-5-11(10)22(14)16/h2-7,14,23H,1H3,(H3,18,19,20,21). The number of aromatic hydroxyl groups is 1. The molecule has 4 rings (SSSR count). The normalized spacial score (nSPS) is 16.4. The molecule has 0 spiro atoms. The summed E-state index contributed by atoms with van der Waals surface area (Å²) in [5, 5.41) is 13.5. The molecule has 0 saturated carbocycles. The number of nitrogens with one attached hydrogen (secondary N) is 1. The number of nitrogens with zero attached hydrogens (tertiary/aromatic N) is 3. The van der Waals surface area contributed by atoms with Gasteiger partial charge in [0, 0.05) is 10.0 Å². The Morgan fingerprint density at radius 2 is 2.12 bits per heavy atom. The van der Waals surface area contributed by atoms with E-state index >= 15 is 0 Å². The smallest absolute Gasteiger partial charge is 0.212 e. The summed E-state index contributed by atoms with van der Waals surface area (Å²) in [6, 6.07) is 11.2. The highest BCUT2D eigenvalue weighted by molar-refractivity contribution is 9.10. The number of rotatable bonds is 2. The lowest BCUT2D eigenvalue weighted by molar-refractivity contribution is 0.367. The molecule has 0 amide bonds. The van der Waals surface area contributed by atoms with E-state index in [1.54, 1.807) is 12.1 Å². The van der Waals surface area contributed by atoms with Gasteiger partial charge in [0.15, 0.2) is 23.6 Å². The summed E-state index contributed by atoms with van der Waals surface area (Å²) in [7, 11) is 1.50. The third kappa shape index (κ3) is 2.18. The van der Waals surface area contributed by atoms with Gasteiger partial charge < -0.3 is 15.6 Å². The first-order valence-electron chi connectivity index (χ1n) is 7.22. The molecular weight excluding hydrogens is 374 g/mol. The zero-order valence-corrected chi connectivity index (χ0v) is 14.3. The second-order valence-corrected chi connectivity index (χ2v) is 6.27. The summed E-state index contributed by atoms with van der Waals surface area (Å²) in [6.07, 6.45) is -0.556. The molecule has 1 aliphatic rings. The monoisotopic (exact) mass is 387 g/mol. The Hall–Kier alpha value is -2.74. The van der Waals surface area contributed by atoms with Crippen molar-refractivity contribution >= 4 is 38.9 Å². The number of hydrogen-bond acceptors (Lipinski definition) is 6. The lowest BCUT2D eigenvalue weighted by atomic mass is 10.1. The maximum absolute atomic E-state index is 10.6. The molecule has 1 unspecified atom stereocenters. The lowest BCUT2D eigenvalue weighted by Crippen LogP contribution is -2.31. The number of imidazole rings is 1. The minimum absolute atomic E-state index is 0.0212. The molecule has 0 radical (unpaired) electrons. The summed E-state index contributed by atoms with van der Waals surface area (Å²) in [5.41, 5.74) is 8.19. The molecule has 24 heavy (non-hydrogen) atoms. The molecule has 1 atom stereocenters. The molecular formula is C16H14BrN5O2. The minimum Gasteiger partial charge on any atom is -0.504 e. The van der Waals surface area contributed by atoms with Gasteiger partial charge in [-0.1, -0.05) is 28.1 Å². The van der Waals surface area contributed by atoms with E-state index < -0.39 is 6.17 Å². The SMILES string of the molecule is COc1cc(Br)cc(C2N=C(N)Nc3nc4ccccc4n32)c1O.